The Morgan fingerprint density at radius 1 is 1.22 bits per heavy atom. The predicted molar refractivity (Wildman–Crippen MR) is 78.0 cm³/mol. The first-order valence-electron chi connectivity index (χ1n) is 7.64. The van der Waals surface area contributed by atoms with Gasteiger partial charge in [0.25, 0.3) is 0 Å². The summed E-state index contributed by atoms with van der Waals surface area (Å²) in [6, 6.07) is 1.43. The molecule has 2 rings (SSSR count). The lowest BCUT2D eigenvalue weighted by atomic mass is 9.80. The molecule has 1 N–H and O–H groups in total. The molecule has 0 radical (unpaired) electrons. The van der Waals surface area contributed by atoms with Gasteiger partial charge in [0, 0.05) is 25.2 Å². The van der Waals surface area contributed by atoms with E-state index in [9.17, 15) is 0 Å². The largest absolute Gasteiger partial charge is 0.312 e. The average molecular weight is 253 g/mol. The lowest BCUT2D eigenvalue weighted by Crippen LogP contribution is -2.45. The van der Waals surface area contributed by atoms with Crippen molar-refractivity contribution >= 4 is 0 Å². The lowest BCUT2D eigenvalue weighted by Gasteiger charge is -2.38. The maximum Gasteiger partial charge on any atom is 0.0207 e. The second-order valence-electron chi connectivity index (χ2n) is 7.07. The van der Waals surface area contributed by atoms with E-state index in [1.165, 1.54) is 52.0 Å². The molecule has 3 nitrogen and oxygen atoms in total. The molecule has 3 heteroatoms. The van der Waals surface area contributed by atoms with E-state index in [-0.39, 0.29) is 0 Å². The van der Waals surface area contributed by atoms with Crippen LogP contribution < -0.4 is 5.32 Å². The van der Waals surface area contributed by atoms with Crippen molar-refractivity contribution in [3.63, 3.8) is 0 Å². The smallest absolute Gasteiger partial charge is 0.0207 e. The Bertz CT molecular complexity index is 256. The normalized spacial score (nSPS) is 30.2. The van der Waals surface area contributed by atoms with Crippen molar-refractivity contribution in [2.75, 3.05) is 39.8 Å². The molecule has 0 aromatic carbocycles. The van der Waals surface area contributed by atoms with Crippen molar-refractivity contribution in [1.29, 1.82) is 0 Å². The molecule has 1 atom stereocenters. The zero-order valence-corrected chi connectivity index (χ0v) is 12.7. The minimum atomic E-state index is 0.526. The summed E-state index contributed by atoms with van der Waals surface area (Å²) in [5.74, 6) is 0. The van der Waals surface area contributed by atoms with Gasteiger partial charge >= 0.3 is 0 Å². The summed E-state index contributed by atoms with van der Waals surface area (Å²) >= 11 is 0. The summed E-state index contributed by atoms with van der Waals surface area (Å²) in [6.45, 7) is 13.3. The number of rotatable bonds is 4. The SMILES string of the molecule is CC(C)N1CCC(NCC2(C)CCN(C)CC2)C1. The summed E-state index contributed by atoms with van der Waals surface area (Å²) in [7, 11) is 2.24. The molecule has 0 aliphatic carbocycles. The van der Waals surface area contributed by atoms with Gasteiger partial charge in [-0.25, -0.2) is 0 Å². The lowest BCUT2D eigenvalue weighted by molar-refractivity contribution is 0.133. The molecule has 2 saturated heterocycles. The number of hydrogen-bond donors (Lipinski definition) is 1. The molecule has 0 aromatic rings. The molecule has 1 unspecified atom stereocenters. The molecular formula is C15H31N3. The molecule has 18 heavy (non-hydrogen) atoms. The molecule has 106 valence electrons. The highest BCUT2D eigenvalue weighted by Crippen LogP contribution is 2.29. The Kier molecular flexibility index (Phi) is 4.68. The molecule has 2 heterocycles. The molecule has 2 aliphatic heterocycles. The van der Waals surface area contributed by atoms with Crippen LogP contribution in [0.4, 0.5) is 0 Å². The Labute approximate surface area is 113 Å². The second kappa shape index (κ2) is 5.89. The van der Waals surface area contributed by atoms with Crippen LogP contribution in [-0.4, -0.2) is 61.7 Å². The Hall–Kier alpha value is -0.120. The van der Waals surface area contributed by atoms with Crippen molar-refractivity contribution in [2.24, 2.45) is 5.41 Å². The van der Waals surface area contributed by atoms with Crippen molar-refractivity contribution < 1.29 is 0 Å². The van der Waals surface area contributed by atoms with Crippen LogP contribution in [0.25, 0.3) is 0 Å². The highest BCUT2D eigenvalue weighted by Gasteiger charge is 2.31. The van der Waals surface area contributed by atoms with Crippen LogP contribution in [0.1, 0.15) is 40.0 Å². The predicted octanol–water partition coefficient (Wildman–Crippen LogP) is 1.79. The fourth-order valence-corrected chi connectivity index (χ4v) is 3.15. The van der Waals surface area contributed by atoms with E-state index < -0.39 is 0 Å². The van der Waals surface area contributed by atoms with Gasteiger partial charge in [-0.05, 0) is 65.2 Å². The van der Waals surface area contributed by atoms with Crippen LogP contribution in [0.5, 0.6) is 0 Å². The molecule has 2 aliphatic rings. The maximum atomic E-state index is 3.83. The second-order valence-corrected chi connectivity index (χ2v) is 7.07. The van der Waals surface area contributed by atoms with E-state index in [0.717, 1.165) is 6.04 Å². The quantitative estimate of drug-likeness (QED) is 0.824. The number of likely N-dealkylation sites (tertiary alicyclic amines) is 2. The third-order valence-corrected chi connectivity index (χ3v) is 4.96. The standard InChI is InChI=1S/C15H31N3/c1-13(2)18-8-5-14(11-18)16-12-15(3)6-9-17(4)10-7-15/h13-14,16H,5-12H2,1-4H3. The molecule has 0 saturated carbocycles. The van der Waals surface area contributed by atoms with E-state index in [2.05, 4.69) is 42.9 Å². The van der Waals surface area contributed by atoms with Crippen molar-refractivity contribution in [2.45, 2.75) is 52.1 Å². The van der Waals surface area contributed by atoms with Crippen molar-refractivity contribution in [1.82, 2.24) is 15.1 Å². The highest BCUT2D eigenvalue weighted by molar-refractivity contribution is 4.88. The van der Waals surface area contributed by atoms with E-state index in [4.69, 9.17) is 0 Å². The Balaban J connectivity index is 1.72. The summed E-state index contributed by atoms with van der Waals surface area (Å²) in [5.41, 5.74) is 0.526. The zero-order chi connectivity index (χ0) is 13.2. The fourth-order valence-electron chi connectivity index (χ4n) is 3.15. The first kappa shape index (κ1) is 14.3. The first-order valence-corrected chi connectivity index (χ1v) is 7.64. The fraction of sp³-hybridized carbons (Fsp3) is 1.00. The summed E-state index contributed by atoms with van der Waals surface area (Å²) < 4.78 is 0. The van der Waals surface area contributed by atoms with E-state index >= 15 is 0 Å². The molecule has 2 fully saturated rings. The van der Waals surface area contributed by atoms with Crippen LogP contribution in [0.2, 0.25) is 0 Å². The van der Waals surface area contributed by atoms with Gasteiger partial charge in [0.1, 0.15) is 0 Å². The van der Waals surface area contributed by atoms with Crippen LogP contribution in [-0.2, 0) is 0 Å². The van der Waals surface area contributed by atoms with Crippen LogP contribution in [0.15, 0.2) is 0 Å². The number of hydrogen-bond acceptors (Lipinski definition) is 3. The monoisotopic (exact) mass is 253 g/mol. The van der Waals surface area contributed by atoms with Gasteiger partial charge in [0.05, 0.1) is 0 Å². The minimum absolute atomic E-state index is 0.526. The van der Waals surface area contributed by atoms with Crippen LogP contribution in [0.3, 0.4) is 0 Å². The molecular weight excluding hydrogens is 222 g/mol. The van der Waals surface area contributed by atoms with Gasteiger partial charge in [0.2, 0.25) is 0 Å². The third-order valence-electron chi connectivity index (χ3n) is 4.96. The molecule has 0 spiro atoms. The number of nitrogens with zero attached hydrogens (tertiary/aromatic N) is 2. The van der Waals surface area contributed by atoms with Crippen LogP contribution in [0, 0.1) is 5.41 Å². The van der Waals surface area contributed by atoms with Gasteiger partial charge in [-0.2, -0.15) is 0 Å². The summed E-state index contributed by atoms with van der Waals surface area (Å²) in [6.07, 6.45) is 4.02. The Morgan fingerprint density at radius 2 is 1.89 bits per heavy atom. The zero-order valence-electron chi connectivity index (χ0n) is 12.7. The molecule has 0 amide bonds. The van der Waals surface area contributed by atoms with E-state index in [1.54, 1.807) is 0 Å². The molecule has 0 bridgehead atoms. The van der Waals surface area contributed by atoms with E-state index in [0.29, 0.717) is 11.5 Å². The third kappa shape index (κ3) is 3.69. The van der Waals surface area contributed by atoms with Gasteiger partial charge in [-0.15, -0.1) is 0 Å². The van der Waals surface area contributed by atoms with Gasteiger partial charge < -0.3 is 10.2 Å². The average Bonchev–Trinajstić information content (AvgIpc) is 2.80. The van der Waals surface area contributed by atoms with Gasteiger partial charge in [0.15, 0.2) is 0 Å². The topological polar surface area (TPSA) is 18.5 Å². The Morgan fingerprint density at radius 3 is 2.44 bits per heavy atom. The summed E-state index contributed by atoms with van der Waals surface area (Å²) in [4.78, 5) is 5.05. The van der Waals surface area contributed by atoms with Crippen molar-refractivity contribution in [3.05, 3.63) is 0 Å². The first-order chi connectivity index (χ1) is 8.48. The van der Waals surface area contributed by atoms with Gasteiger partial charge in [-0.3, -0.25) is 4.90 Å². The highest BCUT2D eigenvalue weighted by atomic mass is 15.2. The van der Waals surface area contributed by atoms with Crippen molar-refractivity contribution in [3.8, 4) is 0 Å². The maximum absolute atomic E-state index is 3.83. The van der Waals surface area contributed by atoms with E-state index in [1.807, 2.05) is 0 Å². The summed E-state index contributed by atoms with van der Waals surface area (Å²) in [5, 5.41) is 3.83. The number of piperidine rings is 1. The number of nitrogens with one attached hydrogen (secondary N) is 1. The minimum Gasteiger partial charge on any atom is -0.312 e. The van der Waals surface area contributed by atoms with Crippen LogP contribution >= 0.6 is 0 Å². The van der Waals surface area contributed by atoms with Gasteiger partial charge in [-0.1, -0.05) is 6.92 Å². The molecule has 0 aromatic heterocycles.